The number of piperazine rings is 1. The first-order valence-electron chi connectivity index (χ1n) is 12.1. The Morgan fingerprint density at radius 2 is 1.94 bits per heavy atom. The molecule has 2 aromatic rings. The van der Waals surface area contributed by atoms with Crippen LogP contribution in [0.3, 0.4) is 0 Å². The highest BCUT2D eigenvalue weighted by Crippen LogP contribution is 2.30. The molecule has 0 atom stereocenters. The third-order valence-corrected chi connectivity index (χ3v) is 6.84. The van der Waals surface area contributed by atoms with E-state index in [1.165, 1.54) is 6.42 Å². The van der Waals surface area contributed by atoms with Crippen LogP contribution in [0.25, 0.3) is 0 Å². The fourth-order valence-electron chi connectivity index (χ4n) is 4.63. The molecule has 1 amide bonds. The number of aromatic nitrogens is 2. The van der Waals surface area contributed by atoms with E-state index in [9.17, 15) is 4.79 Å². The Labute approximate surface area is 202 Å². The lowest BCUT2D eigenvalue weighted by Gasteiger charge is -2.39. The highest BCUT2D eigenvalue weighted by atomic mass is 35.5. The molecule has 1 aromatic heterocycles. The molecule has 1 saturated carbocycles. The second-order valence-electron chi connectivity index (χ2n) is 9.67. The largest absolute Gasteiger partial charge is 0.378 e. The number of carbonyl (C=O) groups is 1. The van der Waals surface area contributed by atoms with Crippen molar-refractivity contribution in [2.75, 3.05) is 38.2 Å². The summed E-state index contributed by atoms with van der Waals surface area (Å²) in [4.78, 5) is 27.1. The van der Waals surface area contributed by atoms with Gasteiger partial charge in [-0.15, -0.1) is 0 Å². The smallest absolute Gasteiger partial charge is 0.225 e. The van der Waals surface area contributed by atoms with Gasteiger partial charge < -0.3 is 14.5 Å². The number of hydrogen-bond donors (Lipinski definition) is 0. The summed E-state index contributed by atoms with van der Waals surface area (Å²) in [6.07, 6.45) is 4.80. The number of methoxy groups -OCH3 is 1. The van der Waals surface area contributed by atoms with E-state index in [0.29, 0.717) is 24.9 Å². The van der Waals surface area contributed by atoms with E-state index in [1.807, 2.05) is 23.1 Å². The topological polar surface area (TPSA) is 58.6 Å². The van der Waals surface area contributed by atoms with Gasteiger partial charge in [0.1, 0.15) is 11.6 Å². The Kier molecular flexibility index (Phi) is 7.86. The molecule has 1 aliphatic heterocycles. The van der Waals surface area contributed by atoms with E-state index in [4.69, 9.17) is 26.3 Å². The maximum atomic E-state index is 12.7. The monoisotopic (exact) mass is 470 g/mol. The van der Waals surface area contributed by atoms with Crippen LogP contribution in [0.2, 0.25) is 5.02 Å². The number of amides is 1. The Bertz CT molecular complexity index is 969. The zero-order valence-corrected chi connectivity index (χ0v) is 20.8. The zero-order valence-electron chi connectivity index (χ0n) is 20.0. The molecular weight excluding hydrogens is 436 g/mol. The third kappa shape index (κ3) is 5.85. The minimum absolute atomic E-state index is 0.250. The van der Waals surface area contributed by atoms with Gasteiger partial charge in [-0.3, -0.25) is 4.79 Å². The Morgan fingerprint density at radius 3 is 2.55 bits per heavy atom. The summed E-state index contributed by atoms with van der Waals surface area (Å²) in [6.45, 7) is 7.87. The summed E-state index contributed by atoms with van der Waals surface area (Å²) in [5.41, 5.74) is 3.15. The molecule has 6 nitrogen and oxygen atoms in total. The lowest BCUT2D eigenvalue weighted by molar-refractivity contribution is -0.138. The normalized spacial score (nSPS) is 16.9. The summed E-state index contributed by atoms with van der Waals surface area (Å²) in [7, 11) is 1.71. The second-order valence-corrected chi connectivity index (χ2v) is 10.1. The fraction of sp³-hybridized carbons (Fsp3) is 0.577. The molecule has 2 aliphatic rings. The van der Waals surface area contributed by atoms with Crippen LogP contribution >= 0.6 is 11.6 Å². The first kappa shape index (κ1) is 24.0. The van der Waals surface area contributed by atoms with Crippen molar-refractivity contribution in [1.82, 2.24) is 14.9 Å². The van der Waals surface area contributed by atoms with E-state index in [-0.39, 0.29) is 5.92 Å². The van der Waals surface area contributed by atoms with Gasteiger partial charge in [0.15, 0.2) is 0 Å². The van der Waals surface area contributed by atoms with Crippen LogP contribution in [0.5, 0.6) is 0 Å². The molecule has 1 aromatic carbocycles. The highest BCUT2D eigenvalue weighted by Gasteiger charge is 2.32. The van der Waals surface area contributed by atoms with Gasteiger partial charge in [-0.2, -0.15) is 0 Å². The van der Waals surface area contributed by atoms with E-state index in [0.717, 1.165) is 78.9 Å². The molecule has 0 unspecified atom stereocenters. The highest BCUT2D eigenvalue weighted by molar-refractivity contribution is 6.30. The van der Waals surface area contributed by atoms with Crippen molar-refractivity contribution in [1.29, 1.82) is 0 Å². The number of halogens is 1. The average molecular weight is 471 g/mol. The molecule has 0 N–H and O–H groups in total. The van der Waals surface area contributed by atoms with E-state index in [2.05, 4.69) is 24.8 Å². The van der Waals surface area contributed by atoms with Crippen LogP contribution in [0.15, 0.2) is 24.3 Å². The van der Waals surface area contributed by atoms with Crippen molar-refractivity contribution < 1.29 is 9.53 Å². The third-order valence-electron chi connectivity index (χ3n) is 6.60. The molecule has 4 rings (SSSR count). The summed E-state index contributed by atoms with van der Waals surface area (Å²) in [6, 6.07) is 7.96. The number of anilines is 1. The minimum atomic E-state index is 0.250. The van der Waals surface area contributed by atoms with Gasteiger partial charge in [0, 0.05) is 62.6 Å². The van der Waals surface area contributed by atoms with E-state index < -0.39 is 0 Å². The molecule has 1 aliphatic carbocycles. The van der Waals surface area contributed by atoms with Crippen LogP contribution in [0.4, 0.5) is 5.82 Å². The Morgan fingerprint density at radius 1 is 1.18 bits per heavy atom. The summed E-state index contributed by atoms with van der Waals surface area (Å²) < 4.78 is 5.54. The van der Waals surface area contributed by atoms with E-state index >= 15 is 0 Å². The lowest BCUT2D eigenvalue weighted by Crippen LogP contribution is -2.51. The SMILES string of the molecule is COCc1nc(CC(C)C)nc(N2CCN(C(=O)C3CCC3)CC2)c1Cc1cccc(Cl)c1. The first-order chi connectivity index (χ1) is 15.9. The fourth-order valence-corrected chi connectivity index (χ4v) is 4.84. The number of nitrogens with zero attached hydrogens (tertiary/aromatic N) is 4. The van der Waals surface area contributed by atoms with Crippen LogP contribution in [-0.4, -0.2) is 54.1 Å². The molecule has 178 valence electrons. The first-order valence-corrected chi connectivity index (χ1v) is 12.5. The van der Waals surface area contributed by atoms with Gasteiger partial charge in [0.2, 0.25) is 5.91 Å². The number of carbonyl (C=O) groups excluding carboxylic acids is 1. The van der Waals surface area contributed by atoms with Gasteiger partial charge in [0.05, 0.1) is 12.3 Å². The van der Waals surface area contributed by atoms with Crippen molar-refractivity contribution in [3.8, 4) is 0 Å². The van der Waals surface area contributed by atoms with Crippen molar-refractivity contribution in [3.63, 3.8) is 0 Å². The maximum absolute atomic E-state index is 12.7. The lowest BCUT2D eigenvalue weighted by atomic mass is 9.84. The van der Waals surface area contributed by atoms with Gasteiger partial charge in [-0.25, -0.2) is 9.97 Å². The van der Waals surface area contributed by atoms with Gasteiger partial charge >= 0.3 is 0 Å². The van der Waals surface area contributed by atoms with Crippen LogP contribution < -0.4 is 4.90 Å². The van der Waals surface area contributed by atoms with Gasteiger partial charge in [-0.05, 0) is 36.5 Å². The van der Waals surface area contributed by atoms with Crippen molar-refractivity contribution in [2.24, 2.45) is 11.8 Å². The van der Waals surface area contributed by atoms with Crippen molar-refractivity contribution in [3.05, 3.63) is 51.9 Å². The molecule has 2 fully saturated rings. The maximum Gasteiger partial charge on any atom is 0.225 e. The van der Waals surface area contributed by atoms with Gasteiger partial charge in [0.25, 0.3) is 0 Å². The number of rotatable bonds is 8. The zero-order chi connectivity index (χ0) is 23.4. The minimum Gasteiger partial charge on any atom is -0.378 e. The average Bonchev–Trinajstić information content (AvgIpc) is 2.74. The van der Waals surface area contributed by atoms with Crippen LogP contribution in [0.1, 0.15) is 55.8 Å². The summed E-state index contributed by atoms with van der Waals surface area (Å²) in [5, 5.41) is 0.725. The molecule has 0 bridgehead atoms. The molecule has 33 heavy (non-hydrogen) atoms. The molecule has 2 heterocycles. The summed E-state index contributed by atoms with van der Waals surface area (Å²) >= 11 is 6.27. The number of hydrogen-bond acceptors (Lipinski definition) is 5. The van der Waals surface area contributed by atoms with Gasteiger partial charge in [-0.1, -0.05) is 44.0 Å². The van der Waals surface area contributed by atoms with Crippen molar-refractivity contribution >= 4 is 23.3 Å². The predicted molar refractivity (Wildman–Crippen MR) is 132 cm³/mol. The standard InChI is InChI=1S/C26H35ClN4O2/c1-18(2)14-24-28-23(17-33-3)22(16-19-6-4-9-21(27)15-19)25(29-24)30-10-12-31(13-11-30)26(32)20-7-5-8-20/h4,6,9,15,18,20H,5,7-8,10-14,16-17H2,1-3H3. The van der Waals surface area contributed by atoms with Crippen LogP contribution in [0, 0.1) is 11.8 Å². The molecule has 0 radical (unpaired) electrons. The molecular formula is C26H35ClN4O2. The number of benzene rings is 1. The van der Waals surface area contributed by atoms with Crippen LogP contribution in [-0.2, 0) is 29.0 Å². The Balaban J connectivity index is 1.63. The summed E-state index contributed by atoms with van der Waals surface area (Å²) in [5.74, 6) is 2.88. The Hall–Kier alpha value is -2.18. The molecule has 1 saturated heterocycles. The predicted octanol–water partition coefficient (Wildman–Crippen LogP) is 4.51. The molecule has 0 spiro atoms. The quantitative estimate of drug-likeness (QED) is 0.568. The van der Waals surface area contributed by atoms with E-state index in [1.54, 1.807) is 7.11 Å². The number of ether oxygens (including phenoxy) is 1. The van der Waals surface area contributed by atoms with Crippen molar-refractivity contribution in [2.45, 2.75) is 52.6 Å². The second kappa shape index (κ2) is 10.8. The molecule has 7 heteroatoms.